The van der Waals surface area contributed by atoms with Crippen LogP contribution in [0.2, 0.25) is 0 Å². The predicted octanol–water partition coefficient (Wildman–Crippen LogP) is 2.05. The van der Waals surface area contributed by atoms with Crippen molar-refractivity contribution in [1.29, 1.82) is 0 Å². The maximum absolute atomic E-state index is 12.1. The van der Waals surface area contributed by atoms with E-state index < -0.39 is 36.0 Å². The average Bonchev–Trinajstić information content (AvgIpc) is 2.23. The second kappa shape index (κ2) is 4.90. The molecule has 0 saturated carbocycles. The molecule has 0 unspecified atom stereocenters. The standard InChI is InChI=1S/C8H4F6N2O3/c9-7(10,11)6(8(12,13)14)19-4-2-15-3(1-16-4)5(17)18/h1-2,6H,(H,17,18). The minimum atomic E-state index is -5.69. The molecule has 0 bridgehead atoms. The molecule has 1 aromatic heterocycles. The van der Waals surface area contributed by atoms with Gasteiger partial charge in [-0.3, -0.25) is 0 Å². The first-order valence-corrected chi connectivity index (χ1v) is 4.37. The maximum atomic E-state index is 12.1. The van der Waals surface area contributed by atoms with Crippen molar-refractivity contribution in [2.75, 3.05) is 0 Å². The minimum absolute atomic E-state index is 0.355. The SMILES string of the molecule is O=C(O)c1cnc(OC(C(F)(F)F)C(F)(F)F)cn1. The van der Waals surface area contributed by atoms with Gasteiger partial charge in [0.05, 0.1) is 12.4 Å². The van der Waals surface area contributed by atoms with Crippen LogP contribution in [0.1, 0.15) is 10.5 Å². The number of rotatable bonds is 3. The topological polar surface area (TPSA) is 72.3 Å². The van der Waals surface area contributed by atoms with E-state index in [-0.39, 0.29) is 0 Å². The first kappa shape index (κ1) is 15.0. The van der Waals surface area contributed by atoms with Crippen LogP contribution in [0, 0.1) is 0 Å². The van der Waals surface area contributed by atoms with Crippen LogP contribution in [-0.4, -0.2) is 39.5 Å². The van der Waals surface area contributed by atoms with Crippen molar-refractivity contribution in [2.24, 2.45) is 0 Å². The number of aromatic nitrogens is 2. The third kappa shape index (κ3) is 3.96. The number of halogens is 6. The fourth-order valence-corrected chi connectivity index (χ4v) is 0.927. The van der Waals surface area contributed by atoms with Crippen LogP contribution >= 0.6 is 0 Å². The lowest BCUT2D eigenvalue weighted by molar-refractivity contribution is -0.300. The molecule has 1 aromatic rings. The van der Waals surface area contributed by atoms with Crippen LogP contribution in [0.5, 0.6) is 5.88 Å². The van der Waals surface area contributed by atoms with E-state index in [1.54, 1.807) is 0 Å². The van der Waals surface area contributed by atoms with Crippen LogP contribution in [0.3, 0.4) is 0 Å². The van der Waals surface area contributed by atoms with E-state index in [4.69, 9.17) is 5.11 Å². The van der Waals surface area contributed by atoms with Gasteiger partial charge >= 0.3 is 18.3 Å². The summed E-state index contributed by atoms with van der Waals surface area (Å²) in [5.74, 6) is -2.63. The van der Waals surface area contributed by atoms with Crippen molar-refractivity contribution in [3.05, 3.63) is 18.1 Å². The highest BCUT2D eigenvalue weighted by Gasteiger charge is 2.59. The molecule has 1 rings (SSSR count). The zero-order chi connectivity index (χ0) is 14.8. The third-order valence-corrected chi connectivity index (χ3v) is 1.68. The summed E-state index contributed by atoms with van der Waals surface area (Å²) < 4.78 is 76.4. The summed E-state index contributed by atoms with van der Waals surface area (Å²) in [7, 11) is 0. The highest BCUT2D eigenvalue weighted by Crippen LogP contribution is 2.35. The second-order valence-electron chi connectivity index (χ2n) is 3.13. The maximum Gasteiger partial charge on any atom is 0.434 e. The fourth-order valence-electron chi connectivity index (χ4n) is 0.927. The molecule has 0 radical (unpaired) electrons. The smallest absolute Gasteiger partial charge is 0.434 e. The molecule has 0 atom stereocenters. The monoisotopic (exact) mass is 290 g/mol. The van der Waals surface area contributed by atoms with E-state index in [9.17, 15) is 31.1 Å². The average molecular weight is 290 g/mol. The third-order valence-electron chi connectivity index (χ3n) is 1.68. The molecule has 0 spiro atoms. The van der Waals surface area contributed by atoms with Gasteiger partial charge in [-0.15, -0.1) is 0 Å². The van der Waals surface area contributed by atoms with E-state index in [0.717, 1.165) is 0 Å². The Morgan fingerprint density at radius 3 is 1.95 bits per heavy atom. The van der Waals surface area contributed by atoms with Crippen LogP contribution in [0.15, 0.2) is 12.4 Å². The van der Waals surface area contributed by atoms with Crippen LogP contribution in [0.4, 0.5) is 26.3 Å². The molecule has 0 aliphatic rings. The van der Waals surface area contributed by atoms with Crippen molar-refractivity contribution in [3.8, 4) is 5.88 Å². The summed E-state index contributed by atoms with van der Waals surface area (Å²) in [6.45, 7) is 0. The van der Waals surface area contributed by atoms with E-state index in [0.29, 0.717) is 12.4 Å². The number of nitrogens with zero attached hydrogens (tertiary/aromatic N) is 2. The summed E-state index contributed by atoms with van der Waals surface area (Å²) in [5.41, 5.74) is -0.650. The summed E-state index contributed by atoms with van der Waals surface area (Å²) in [4.78, 5) is 16.4. The minimum Gasteiger partial charge on any atom is -0.476 e. The Kier molecular flexibility index (Phi) is 3.86. The molecular formula is C8H4F6N2O3. The van der Waals surface area contributed by atoms with Crippen LogP contribution < -0.4 is 4.74 Å². The van der Waals surface area contributed by atoms with Gasteiger partial charge < -0.3 is 9.84 Å². The van der Waals surface area contributed by atoms with Gasteiger partial charge in [0.25, 0.3) is 6.10 Å². The number of carboxylic acids is 1. The van der Waals surface area contributed by atoms with E-state index in [1.165, 1.54) is 0 Å². The van der Waals surface area contributed by atoms with E-state index >= 15 is 0 Å². The molecule has 5 nitrogen and oxygen atoms in total. The molecule has 106 valence electrons. The van der Waals surface area contributed by atoms with E-state index in [2.05, 4.69) is 14.7 Å². The fraction of sp³-hybridized carbons (Fsp3) is 0.375. The Morgan fingerprint density at radius 1 is 1.11 bits per heavy atom. The van der Waals surface area contributed by atoms with Gasteiger partial charge in [-0.1, -0.05) is 0 Å². The molecule has 11 heteroatoms. The highest BCUT2D eigenvalue weighted by atomic mass is 19.4. The predicted molar refractivity (Wildman–Crippen MR) is 45.5 cm³/mol. The lowest BCUT2D eigenvalue weighted by Gasteiger charge is -2.22. The number of aromatic carboxylic acids is 1. The van der Waals surface area contributed by atoms with Crippen molar-refractivity contribution >= 4 is 5.97 Å². The Balaban J connectivity index is 2.95. The van der Waals surface area contributed by atoms with Gasteiger partial charge in [0, 0.05) is 0 Å². The Hall–Kier alpha value is -2.07. The number of ether oxygens (including phenoxy) is 1. The number of carboxylic acid groups (broad SMARTS) is 1. The molecule has 0 aliphatic heterocycles. The van der Waals surface area contributed by atoms with Gasteiger partial charge in [-0.25, -0.2) is 14.8 Å². The van der Waals surface area contributed by atoms with Gasteiger partial charge in [-0.05, 0) is 0 Å². The Labute approximate surface area is 100 Å². The summed E-state index contributed by atoms with van der Waals surface area (Å²) in [5, 5.41) is 8.41. The van der Waals surface area contributed by atoms with Crippen molar-refractivity contribution < 1.29 is 41.0 Å². The number of carbonyl (C=O) groups is 1. The van der Waals surface area contributed by atoms with Gasteiger partial charge in [0.2, 0.25) is 5.88 Å². The van der Waals surface area contributed by atoms with Crippen LogP contribution in [-0.2, 0) is 0 Å². The highest BCUT2D eigenvalue weighted by molar-refractivity contribution is 5.84. The zero-order valence-electron chi connectivity index (χ0n) is 8.66. The zero-order valence-corrected chi connectivity index (χ0v) is 8.66. The number of alkyl halides is 6. The quantitative estimate of drug-likeness (QED) is 0.862. The van der Waals surface area contributed by atoms with E-state index in [1.807, 2.05) is 0 Å². The molecule has 0 aromatic carbocycles. The normalized spacial score (nSPS) is 12.6. The van der Waals surface area contributed by atoms with Crippen molar-refractivity contribution in [3.63, 3.8) is 0 Å². The summed E-state index contributed by atoms with van der Waals surface area (Å²) >= 11 is 0. The number of hydrogen-bond donors (Lipinski definition) is 1. The number of hydrogen-bond acceptors (Lipinski definition) is 4. The van der Waals surface area contributed by atoms with Gasteiger partial charge in [-0.2, -0.15) is 26.3 Å². The lowest BCUT2D eigenvalue weighted by Crippen LogP contribution is -2.46. The Morgan fingerprint density at radius 2 is 1.63 bits per heavy atom. The van der Waals surface area contributed by atoms with Gasteiger partial charge in [0.15, 0.2) is 5.69 Å². The Bertz CT molecular complexity index is 441. The lowest BCUT2D eigenvalue weighted by atomic mass is 10.3. The molecule has 1 heterocycles. The molecular weight excluding hydrogens is 286 g/mol. The summed E-state index contributed by atoms with van der Waals surface area (Å²) in [6.07, 6.45) is -14.6. The molecule has 0 fully saturated rings. The molecule has 0 aliphatic carbocycles. The largest absolute Gasteiger partial charge is 0.476 e. The van der Waals surface area contributed by atoms with Crippen LogP contribution in [0.25, 0.3) is 0 Å². The van der Waals surface area contributed by atoms with Gasteiger partial charge in [0.1, 0.15) is 0 Å². The molecule has 1 N–H and O–H groups in total. The first-order valence-electron chi connectivity index (χ1n) is 4.37. The molecule has 0 saturated heterocycles. The van der Waals surface area contributed by atoms with Crippen molar-refractivity contribution in [2.45, 2.75) is 18.5 Å². The molecule has 0 amide bonds. The first-order chi connectivity index (χ1) is 8.51. The van der Waals surface area contributed by atoms with Crippen molar-refractivity contribution in [1.82, 2.24) is 9.97 Å². The second-order valence-corrected chi connectivity index (χ2v) is 3.13. The summed E-state index contributed by atoms with van der Waals surface area (Å²) in [6, 6.07) is 0. The molecule has 19 heavy (non-hydrogen) atoms.